The molecule has 0 saturated heterocycles. The SMILES string of the molecule is C=C(C(=O)OC)[C@@H](OC(C)=O)C(=O)OC. The number of carbonyl (C=O) groups is 3. The summed E-state index contributed by atoms with van der Waals surface area (Å²) in [5.74, 6) is -2.46. The molecule has 0 aliphatic heterocycles. The Morgan fingerprint density at radius 3 is 2.00 bits per heavy atom. The van der Waals surface area contributed by atoms with Crippen molar-refractivity contribution >= 4 is 17.9 Å². The van der Waals surface area contributed by atoms with Gasteiger partial charge in [0, 0.05) is 6.92 Å². The molecule has 0 rings (SSSR count). The van der Waals surface area contributed by atoms with Gasteiger partial charge in [0.1, 0.15) is 0 Å². The molecular weight excluding hydrogens is 204 g/mol. The molecule has 84 valence electrons. The van der Waals surface area contributed by atoms with E-state index >= 15 is 0 Å². The van der Waals surface area contributed by atoms with Gasteiger partial charge in [-0.2, -0.15) is 0 Å². The van der Waals surface area contributed by atoms with Gasteiger partial charge in [-0.05, 0) is 0 Å². The molecule has 15 heavy (non-hydrogen) atoms. The summed E-state index contributed by atoms with van der Waals surface area (Å²) in [7, 11) is 2.22. The largest absolute Gasteiger partial charge is 0.466 e. The minimum Gasteiger partial charge on any atom is -0.466 e. The average molecular weight is 216 g/mol. The molecular formula is C9H12O6. The van der Waals surface area contributed by atoms with Crippen molar-refractivity contribution in [2.75, 3.05) is 14.2 Å². The van der Waals surface area contributed by atoms with Crippen LogP contribution in [0, 0.1) is 0 Å². The molecule has 0 aromatic carbocycles. The fourth-order valence-corrected chi connectivity index (χ4v) is 0.773. The first-order valence-corrected chi connectivity index (χ1v) is 3.96. The lowest BCUT2D eigenvalue weighted by molar-refractivity contribution is -0.163. The van der Waals surface area contributed by atoms with Crippen molar-refractivity contribution < 1.29 is 28.6 Å². The molecule has 0 aromatic rings. The molecule has 0 aliphatic carbocycles. The average Bonchev–Trinajstić information content (AvgIpc) is 2.22. The summed E-state index contributed by atoms with van der Waals surface area (Å²) >= 11 is 0. The molecule has 6 nitrogen and oxygen atoms in total. The number of carbonyl (C=O) groups excluding carboxylic acids is 3. The Labute approximate surface area is 86.8 Å². The van der Waals surface area contributed by atoms with Crippen LogP contribution in [0.1, 0.15) is 6.92 Å². The van der Waals surface area contributed by atoms with Gasteiger partial charge in [-0.1, -0.05) is 6.58 Å². The van der Waals surface area contributed by atoms with Gasteiger partial charge in [0.05, 0.1) is 19.8 Å². The maximum absolute atomic E-state index is 11.1. The smallest absolute Gasteiger partial charge is 0.352 e. The Bertz CT molecular complexity index is 293. The van der Waals surface area contributed by atoms with E-state index in [0.717, 1.165) is 21.1 Å². The number of ether oxygens (including phenoxy) is 3. The van der Waals surface area contributed by atoms with Crippen molar-refractivity contribution in [2.45, 2.75) is 13.0 Å². The molecule has 0 aliphatic rings. The normalized spacial score (nSPS) is 11.1. The Balaban J connectivity index is 4.77. The van der Waals surface area contributed by atoms with Gasteiger partial charge >= 0.3 is 17.9 Å². The second-order valence-corrected chi connectivity index (χ2v) is 2.53. The highest BCUT2D eigenvalue weighted by atomic mass is 16.6. The highest BCUT2D eigenvalue weighted by Crippen LogP contribution is 2.09. The standard InChI is InChI=1S/C9H12O6/c1-5(8(11)13-3)7(9(12)14-4)15-6(2)10/h7H,1H2,2-4H3/t7-/m1/s1. The van der Waals surface area contributed by atoms with Gasteiger partial charge < -0.3 is 14.2 Å². The second kappa shape index (κ2) is 5.79. The van der Waals surface area contributed by atoms with Crippen LogP contribution in [0.4, 0.5) is 0 Å². The minimum atomic E-state index is -1.46. The van der Waals surface area contributed by atoms with E-state index in [4.69, 9.17) is 0 Å². The van der Waals surface area contributed by atoms with Crippen molar-refractivity contribution in [3.05, 3.63) is 12.2 Å². The van der Waals surface area contributed by atoms with Gasteiger partial charge in [-0.15, -0.1) is 0 Å². The van der Waals surface area contributed by atoms with E-state index < -0.39 is 24.0 Å². The van der Waals surface area contributed by atoms with Crippen LogP contribution in [0.15, 0.2) is 12.2 Å². The highest BCUT2D eigenvalue weighted by Gasteiger charge is 2.30. The Morgan fingerprint density at radius 2 is 1.67 bits per heavy atom. The first-order chi connectivity index (χ1) is 6.93. The summed E-state index contributed by atoms with van der Waals surface area (Å²) in [6.07, 6.45) is -1.46. The van der Waals surface area contributed by atoms with Crippen molar-refractivity contribution in [1.29, 1.82) is 0 Å². The summed E-state index contributed by atoms with van der Waals surface area (Å²) in [6.45, 7) is 4.39. The lowest BCUT2D eigenvalue weighted by atomic mass is 10.1. The van der Waals surface area contributed by atoms with Gasteiger partial charge in [0.25, 0.3) is 0 Å². The maximum Gasteiger partial charge on any atom is 0.352 e. The molecule has 0 amide bonds. The third-order valence-electron chi connectivity index (χ3n) is 1.46. The van der Waals surface area contributed by atoms with Crippen LogP contribution in [0.3, 0.4) is 0 Å². The summed E-state index contributed by atoms with van der Waals surface area (Å²) in [5, 5.41) is 0. The van der Waals surface area contributed by atoms with Crippen LogP contribution < -0.4 is 0 Å². The zero-order valence-electron chi connectivity index (χ0n) is 8.73. The zero-order valence-corrected chi connectivity index (χ0v) is 8.73. The van der Waals surface area contributed by atoms with Crippen LogP contribution in [0.25, 0.3) is 0 Å². The Hall–Kier alpha value is -1.85. The lowest BCUT2D eigenvalue weighted by Crippen LogP contribution is -2.32. The Morgan fingerprint density at radius 1 is 1.13 bits per heavy atom. The van der Waals surface area contributed by atoms with Crippen LogP contribution in [-0.4, -0.2) is 38.2 Å². The van der Waals surface area contributed by atoms with E-state index in [-0.39, 0.29) is 5.57 Å². The number of methoxy groups -OCH3 is 2. The van der Waals surface area contributed by atoms with Gasteiger partial charge in [-0.25, -0.2) is 9.59 Å². The van der Waals surface area contributed by atoms with E-state index in [0.29, 0.717) is 0 Å². The van der Waals surface area contributed by atoms with Crippen molar-refractivity contribution in [1.82, 2.24) is 0 Å². The van der Waals surface area contributed by atoms with E-state index in [2.05, 4.69) is 20.8 Å². The van der Waals surface area contributed by atoms with E-state index in [1.165, 1.54) is 0 Å². The van der Waals surface area contributed by atoms with E-state index in [1.807, 2.05) is 0 Å². The fraction of sp³-hybridized carbons (Fsp3) is 0.444. The topological polar surface area (TPSA) is 78.9 Å². The maximum atomic E-state index is 11.1. The summed E-state index contributed by atoms with van der Waals surface area (Å²) in [4.78, 5) is 32.8. The van der Waals surface area contributed by atoms with Gasteiger partial charge in [-0.3, -0.25) is 4.79 Å². The molecule has 0 saturated carbocycles. The van der Waals surface area contributed by atoms with Crippen LogP contribution in [-0.2, 0) is 28.6 Å². The number of hydrogen-bond donors (Lipinski definition) is 0. The molecule has 0 N–H and O–H groups in total. The number of esters is 3. The molecule has 0 radical (unpaired) electrons. The number of hydrogen-bond acceptors (Lipinski definition) is 6. The van der Waals surface area contributed by atoms with Crippen molar-refractivity contribution in [3.8, 4) is 0 Å². The molecule has 1 atom stereocenters. The summed E-state index contributed by atoms with van der Waals surface area (Å²) in [6, 6.07) is 0. The highest BCUT2D eigenvalue weighted by molar-refractivity contribution is 5.97. The van der Waals surface area contributed by atoms with E-state index in [1.54, 1.807) is 0 Å². The fourth-order valence-electron chi connectivity index (χ4n) is 0.773. The minimum absolute atomic E-state index is 0.292. The molecule has 0 bridgehead atoms. The number of rotatable bonds is 4. The first kappa shape index (κ1) is 13.2. The third kappa shape index (κ3) is 3.80. The van der Waals surface area contributed by atoms with Crippen molar-refractivity contribution in [3.63, 3.8) is 0 Å². The monoisotopic (exact) mass is 216 g/mol. The molecule has 0 spiro atoms. The quantitative estimate of drug-likeness (QED) is 0.368. The van der Waals surface area contributed by atoms with Crippen LogP contribution in [0.5, 0.6) is 0 Å². The molecule has 0 fully saturated rings. The molecule has 0 unspecified atom stereocenters. The molecule has 0 aromatic heterocycles. The molecule has 0 heterocycles. The van der Waals surface area contributed by atoms with Gasteiger partial charge in [0.2, 0.25) is 6.10 Å². The summed E-state index contributed by atoms with van der Waals surface area (Å²) < 4.78 is 13.2. The zero-order chi connectivity index (χ0) is 12.0. The predicted octanol–water partition coefficient (Wildman–Crippen LogP) is -0.180. The van der Waals surface area contributed by atoms with Crippen molar-refractivity contribution in [2.24, 2.45) is 0 Å². The lowest BCUT2D eigenvalue weighted by Gasteiger charge is -2.15. The summed E-state index contributed by atoms with van der Waals surface area (Å²) in [5.41, 5.74) is -0.292. The predicted molar refractivity (Wildman–Crippen MR) is 48.7 cm³/mol. The second-order valence-electron chi connectivity index (χ2n) is 2.53. The van der Waals surface area contributed by atoms with Crippen LogP contribution >= 0.6 is 0 Å². The first-order valence-electron chi connectivity index (χ1n) is 3.96. The van der Waals surface area contributed by atoms with Gasteiger partial charge in [0.15, 0.2) is 0 Å². The Kier molecular flexibility index (Phi) is 5.08. The molecule has 6 heteroatoms. The third-order valence-corrected chi connectivity index (χ3v) is 1.46. The van der Waals surface area contributed by atoms with Crippen LogP contribution in [0.2, 0.25) is 0 Å². The van der Waals surface area contributed by atoms with E-state index in [9.17, 15) is 14.4 Å².